The Hall–Kier alpha value is -5.52. The molecule has 0 bridgehead atoms. The highest BCUT2D eigenvalue weighted by atomic mass is 35.5. The van der Waals surface area contributed by atoms with Crippen molar-refractivity contribution >= 4 is 91.4 Å². The van der Waals surface area contributed by atoms with Crippen molar-refractivity contribution < 1.29 is 92.7 Å². The number of anilines is 1. The van der Waals surface area contributed by atoms with Crippen LogP contribution in [-0.4, -0.2) is 129 Å². The predicted octanol–water partition coefficient (Wildman–Crippen LogP) is 4.29. The Balaban J connectivity index is 0.000000543. The van der Waals surface area contributed by atoms with E-state index in [9.17, 15) is 58.6 Å². The summed E-state index contributed by atoms with van der Waals surface area (Å²) in [5.41, 5.74) is -1.12. The van der Waals surface area contributed by atoms with Gasteiger partial charge in [0.05, 0.1) is 78.8 Å². The number of carboxylic acids is 2. The van der Waals surface area contributed by atoms with Crippen LogP contribution >= 0.6 is 30.8 Å². The molecule has 4 rings (SSSR count). The number of esters is 1. The molecule has 23 nitrogen and oxygen atoms in total. The first-order valence-corrected chi connectivity index (χ1v) is 26.6. The molecule has 6 N–H and O–H groups in total. The summed E-state index contributed by atoms with van der Waals surface area (Å²) in [5, 5.41) is 19.7. The number of carbonyl (C=O) groups is 4. The number of rotatable bonds is 16. The van der Waals surface area contributed by atoms with E-state index < -0.39 is 92.0 Å². The van der Waals surface area contributed by atoms with E-state index >= 15 is 0 Å². The average Bonchev–Trinajstić information content (AvgIpc) is 3.23. The van der Waals surface area contributed by atoms with Crippen LogP contribution in [-0.2, 0) is 55.8 Å². The predicted molar refractivity (Wildman–Crippen MR) is 242 cm³/mol. The molecule has 0 aliphatic rings. The summed E-state index contributed by atoms with van der Waals surface area (Å²) in [4.78, 5) is 73.4. The largest absolute Gasteiger partial charge is 0.778 e. The standard InChI is InChI=1S/C17H11Cl2F3O5.C14H17N5O7S2.C3H8NO5P.C3H9S/c1-8(15(23)24)26-16(25)11-7-10(3-4-12(11)18)27-14-5-2-9(6-13(14)19)17(20,21)22;1-4-27(21,22)9-6-5-7-15-12(9)28(23,24)19-14(20)18-13-16-10(25-2)8-11(17-13)26-3;5-3(6)1-4-2-10(7,8)9;1-4(2)3/h2-8H,1H3,(H,23,24);5-8H,4H2,1-3H3,(H2,16,17,18,19,20);4H,1-2H2,(H,5,6)(H2,7,8,9);1-3H3/q;;;+1/p-1/t8-;;;/m0.../s1. The molecule has 382 valence electrons. The molecular formula is C37H44Cl2F3N6O17PS3. The van der Waals surface area contributed by atoms with Crippen molar-refractivity contribution in [3.05, 3.63) is 82.0 Å². The fourth-order valence-corrected chi connectivity index (χ4v) is 7.48. The highest BCUT2D eigenvalue weighted by Crippen LogP contribution is 2.37. The second-order valence-electron chi connectivity index (χ2n) is 13.2. The number of hydrogen-bond acceptors (Lipinski definition) is 18. The maximum Gasteiger partial charge on any atom is 0.416 e. The van der Waals surface area contributed by atoms with E-state index in [4.69, 9.17) is 57.3 Å². The van der Waals surface area contributed by atoms with E-state index in [0.29, 0.717) is 17.0 Å². The Bertz CT molecular complexity index is 2680. The van der Waals surface area contributed by atoms with Gasteiger partial charge in [0.1, 0.15) is 24.0 Å². The van der Waals surface area contributed by atoms with Crippen molar-refractivity contribution in [3.8, 4) is 23.3 Å². The highest BCUT2D eigenvalue weighted by Gasteiger charge is 2.32. The van der Waals surface area contributed by atoms with Crippen LogP contribution < -0.4 is 34.5 Å². The normalized spacial score (nSPS) is 12.4. The molecule has 0 fully saturated rings. The third-order valence-corrected chi connectivity index (χ3v) is 11.5. The summed E-state index contributed by atoms with van der Waals surface area (Å²) >= 11 is 11.7. The van der Waals surface area contributed by atoms with Crippen molar-refractivity contribution in [2.24, 2.45) is 0 Å². The maximum atomic E-state index is 12.7. The van der Waals surface area contributed by atoms with E-state index in [1.165, 1.54) is 45.4 Å². The minimum absolute atomic E-state index is 0.0246. The zero-order chi connectivity index (χ0) is 53.1. The number of sulfone groups is 1. The fourth-order valence-electron chi connectivity index (χ4n) is 4.13. The summed E-state index contributed by atoms with van der Waals surface area (Å²) < 4.78 is 119. The Morgan fingerprint density at radius 1 is 0.928 bits per heavy atom. The summed E-state index contributed by atoms with van der Waals surface area (Å²) in [6.45, 7) is 2.04. The smallest absolute Gasteiger partial charge is 0.416 e. The molecule has 0 aliphatic carbocycles. The molecule has 2 aromatic heterocycles. The molecule has 2 atom stereocenters. The van der Waals surface area contributed by atoms with Gasteiger partial charge in [0.25, 0.3) is 10.0 Å². The molecule has 0 saturated heterocycles. The van der Waals surface area contributed by atoms with E-state index in [-0.39, 0.29) is 50.6 Å². The van der Waals surface area contributed by atoms with Crippen LogP contribution in [0.25, 0.3) is 0 Å². The topological polar surface area (TPSA) is 349 Å². The monoisotopic (exact) mass is 1100 g/mol. The van der Waals surface area contributed by atoms with Gasteiger partial charge in [-0.05, 0) is 66.3 Å². The molecule has 1 unspecified atom stereocenters. The number of benzene rings is 2. The zero-order valence-corrected chi connectivity index (χ0v) is 41.8. The lowest BCUT2D eigenvalue weighted by Gasteiger charge is -2.14. The van der Waals surface area contributed by atoms with Gasteiger partial charge in [-0.2, -0.15) is 31.6 Å². The number of nitrogens with one attached hydrogen (secondary N) is 3. The van der Waals surface area contributed by atoms with Crippen molar-refractivity contribution in [1.29, 1.82) is 0 Å². The average molecular weight is 1100 g/mol. The Morgan fingerprint density at radius 3 is 1.99 bits per heavy atom. The number of carboxylic acid groups (broad SMARTS) is 2. The minimum Gasteiger partial charge on any atom is -0.778 e. The molecule has 0 spiro atoms. The van der Waals surface area contributed by atoms with Crippen LogP contribution in [0.2, 0.25) is 10.0 Å². The summed E-state index contributed by atoms with van der Waals surface area (Å²) in [5.74, 6) is -4.08. The number of carbonyl (C=O) groups excluding carboxylic acids is 2. The second-order valence-corrected chi connectivity index (χ2v) is 21.9. The van der Waals surface area contributed by atoms with Crippen molar-refractivity contribution in [2.45, 2.75) is 36.0 Å². The molecule has 2 heterocycles. The number of aliphatic carboxylic acids is 2. The molecule has 2 amide bonds. The van der Waals surface area contributed by atoms with Crippen LogP contribution in [0.1, 0.15) is 29.8 Å². The summed E-state index contributed by atoms with van der Waals surface area (Å²) in [7, 11) is -9.56. The molecule has 4 aromatic rings. The van der Waals surface area contributed by atoms with E-state index in [1.807, 2.05) is 5.32 Å². The Labute approximate surface area is 405 Å². The Kier molecular flexibility index (Phi) is 24.6. The van der Waals surface area contributed by atoms with Gasteiger partial charge < -0.3 is 43.5 Å². The third-order valence-electron chi connectivity index (χ3n) is 7.12. The minimum atomic E-state index is -4.61. The van der Waals surface area contributed by atoms with Crippen LogP contribution in [0, 0.1) is 0 Å². The number of halogens is 5. The number of methoxy groups -OCH3 is 2. The van der Waals surface area contributed by atoms with Gasteiger partial charge in [-0.1, -0.05) is 30.1 Å². The molecular weight excluding hydrogens is 1060 g/mol. The quantitative estimate of drug-likeness (QED) is 0.0518. The van der Waals surface area contributed by atoms with Crippen molar-refractivity contribution in [1.82, 2.24) is 25.0 Å². The number of pyridine rings is 1. The lowest BCUT2D eigenvalue weighted by molar-refractivity contribution is -0.193. The first-order valence-electron chi connectivity index (χ1n) is 18.5. The van der Waals surface area contributed by atoms with Crippen LogP contribution in [0.4, 0.5) is 23.9 Å². The van der Waals surface area contributed by atoms with E-state index in [2.05, 4.69) is 39.0 Å². The maximum absolute atomic E-state index is 12.7. The van der Waals surface area contributed by atoms with Crippen LogP contribution in [0.3, 0.4) is 0 Å². The molecule has 2 aromatic carbocycles. The lowest BCUT2D eigenvalue weighted by Crippen LogP contribution is -2.36. The summed E-state index contributed by atoms with van der Waals surface area (Å²) in [6.07, 6.45) is 1.01. The van der Waals surface area contributed by atoms with Gasteiger partial charge >= 0.3 is 30.1 Å². The number of urea groups is 1. The molecule has 69 heavy (non-hydrogen) atoms. The number of nitrogens with zero attached hydrogens (tertiary/aromatic N) is 3. The molecule has 32 heteroatoms. The van der Waals surface area contributed by atoms with E-state index in [1.54, 1.807) is 4.72 Å². The van der Waals surface area contributed by atoms with Gasteiger partial charge in [-0.15, -0.1) is 0 Å². The van der Waals surface area contributed by atoms with Crippen LogP contribution in [0.5, 0.6) is 23.3 Å². The zero-order valence-electron chi connectivity index (χ0n) is 36.9. The number of alkyl halides is 3. The number of sulfonamides is 1. The van der Waals surface area contributed by atoms with Crippen LogP contribution in [0.15, 0.2) is 70.7 Å². The SMILES string of the molecule is CCS(=O)(=O)c1cccnc1S(=O)(=O)NC(=O)Nc1nc(OC)cc(OC)n1.C[C@H](OC(=O)c1cc(Oc2ccc(C(F)(F)F)cc2Cl)ccc1Cl)C(=O)O.C[S+](C)C.O=C(O)CNCP(=O)([O-])O. The summed E-state index contributed by atoms with van der Waals surface area (Å²) in [6, 6.07) is 8.81. The molecule has 0 radical (unpaired) electrons. The second kappa shape index (κ2) is 27.6. The van der Waals surface area contributed by atoms with Crippen molar-refractivity contribution in [2.75, 3.05) is 56.9 Å². The van der Waals surface area contributed by atoms with Gasteiger partial charge in [0.2, 0.25) is 17.7 Å². The van der Waals surface area contributed by atoms with Crippen molar-refractivity contribution in [3.63, 3.8) is 0 Å². The first-order chi connectivity index (χ1) is 31.8. The number of amides is 2. The fraction of sp³-hybridized carbons (Fsp3) is 0.324. The van der Waals surface area contributed by atoms with Gasteiger partial charge in [0, 0.05) is 6.20 Å². The number of hydrogen-bond donors (Lipinski definition) is 6. The number of aromatic nitrogens is 3. The Morgan fingerprint density at radius 2 is 1.51 bits per heavy atom. The molecule has 0 saturated carbocycles. The lowest BCUT2D eigenvalue weighted by atomic mass is 10.2. The van der Waals surface area contributed by atoms with Gasteiger partial charge in [-0.3, -0.25) is 15.4 Å². The van der Waals surface area contributed by atoms with E-state index in [0.717, 1.165) is 37.4 Å². The molecule has 0 aliphatic heterocycles. The highest BCUT2D eigenvalue weighted by molar-refractivity contribution is 7.94. The third kappa shape index (κ3) is 22.6. The van der Waals surface area contributed by atoms with Gasteiger partial charge in [0.15, 0.2) is 21.0 Å². The van der Waals surface area contributed by atoms with Gasteiger partial charge in [-0.25, -0.2) is 32.5 Å². The first kappa shape index (κ1) is 61.5. The number of ether oxygens (including phenoxy) is 4.